The van der Waals surface area contributed by atoms with Crippen LogP contribution < -0.4 is 9.46 Å². The van der Waals surface area contributed by atoms with Crippen molar-refractivity contribution in [2.75, 3.05) is 18.9 Å². The molecule has 0 bridgehead atoms. The smallest absolute Gasteiger partial charge is 0.341 e. The molecule has 0 unspecified atom stereocenters. The molecule has 0 fully saturated rings. The molecule has 26 heavy (non-hydrogen) atoms. The number of hydrogen-bond donors (Lipinski definition) is 2. The van der Waals surface area contributed by atoms with Crippen molar-refractivity contribution in [2.24, 2.45) is 0 Å². The van der Waals surface area contributed by atoms with E-state index in [2.05, 4.69) is 4.72 Å². The number of thioether (sulfide) groups is 1. The predicted octanol–water partition coefficient (Wildman–Crippen LogP) is 2.67. The number of halogens is 1. The van der Waals surface area contributed by atoms with Crippen LogP contribution in [0.3, 0.4) is 0 Å². The van der Waals surface area contributed by atoms with Crippen LogP contribution >= 0.6 is 11.8 Å². The number of aryl methyl sites for hydroxylation is 1. The van der Waals surface area contributed by atoms with E-state index in [-0.39, 0.29) is 17.2 Å². The lowest BCUT2D eigenvalue weighted by Crippen LogP contribution is -2.26. The van der Waals surface area contributed by atoms with Gasteiger partial charge in [-0.1, -0.05) is 17.7 Å². The number of nitrogens with one attached hydrogen (secondary N) is 1. The Bertz CT molecular complexity index is 869. The highest BCUT2D eigenvalue weighted by Gasteiger charge is 2.13. The summed E-state index contributed by atoms with van der Waals surface area (Å²) in [4.78, 5) is 11.2. The Morgan fingerprint density at radius 3 is 2.54 bits per heavy atom. The maximum Gasteiger partial charge on any atom is 0.341 e. The second kappa shape index (κ2) is 9.02. The molecule has 0 saturated carbocycles. The summed E-state index contributed by atoms with van der Waals surface area (Å²) < 4.78 is 45.4. The molecule has 0 aromatic heterocycles. The van der Waals surface area contributed by atoms with Gasteiger partial charge in [-0.05, 0) is 37.3 Å². The minimum absolute atomic E-state index is 0.142. The minimum atomic E-state index is -3.57. The Morgan fingerprint density at radius 1 is 1.23 bits per heavy atom. The maximum atomic E-state index is 13.8. The summed E-state index contributed by atoms with van der Waals surface area (Å²) in [6.45, 7) is 1.43. The number of ether oxygens (including phenoxy) is 1. The summed E-state index contributed by atoms with van der Waals surface area (Å²) in [5.41, 5.74) is 0.970. The second-order valence-electron chi connectivity index (χ2n) is 5.33. The fourth-order valence-corrected chi connectivity index (χ4v) is 3.93. The van der Waals surface area contributed by atoms with Crippen LogP contribution in [0.15, 0.2) is 52.3 Å². The largest absolute Gasteiger partial charge is 0.479 e. The van der Waals surface area contributed by atoms with Crippen LogP contribution in [0.5, 0.6) is 5.75 Å². The summed E-state index contributed by atoms with van der Waals surface area (Å²) in [5, 5.41) is 8.52. The third-order valence-corrected chi connectivity index (χ3v) is 5.72. The van der Waals surface area contributed by atoms with E-state index in [1.54, 1.807) is 18.2 Å². The lowest BCUT2D eigenvalue weighted by Gasteiger charge is -2.08. The molecule has 0 aliphatic carbocycles. The predicted molar refractivity (Wildman–Crippen MR) is 96.6 cm³/mol. The number of sulfonamides is 1. The van der Waals surface area contributed by atoms with Crippen LogP contribution in [0.2, 0.25) is 0 Å². The maximum absolute atomic E-state index is 13.8. The lowest BCUT2D eigenvalue weighted by molar-refractivity contribution is -0.139. The van der Waals surface area contributed by atoms with E-state index in [1.807, 2.05) is 6.92 Å². The molecule has 0 heterocycles. The molecular formula is C17H18FNO5S2. The Kier molecular flexibility index (Phi) is 7.01. The van der Waals surface area contributed by atoms with E-state index in [0.29, 0.717) is 10.6 Å². The molecule has 2 rings (SSSR count). The average Bonchev–Trinajstić information content (AvgIpc) is 2.58. The number of aliphatic carboxylic acids is 1. The summed E-state index contributed by atoms with van der Waals surface area (Å²) in [6, 6.07) is 10.7. The minimum Gasteiger partial charge on any atom is -0.479 e. The number of carboxylic acids is 1. The van der Waals surface area contributed by atoms with E-state index in [0.717, 1.165) is 5.56 Å². The Balaban J connectivity index is 1.85. The van der Waals surface area contributed by atoms with Gasteiger partial charge in [0.15, 0.2) is 18.2 Å². The van der Waals surface area contributed by atoms with E-state index in [9.17, 15) is 17.6 Å². The monoisotopic (exact) mass is 399 g/mol. The highest BCUT2D eigenvalue weighted by molar-refractivity contribution is 7.99. The van der Waals surface area contributed by atoms with E-state index in [1.165, 1.54) is 36.0 Å². The zero-order valence-electron chi connectivity index (χ0n) is 13.9. The summed E-state index contributed by atoms with van der Waals surface area (Å²) >= 11 is 1.27. The molecule has 0 aliphatic heterocycles. The third kappa shape index (κ3) is 6.01. The van der Waals surface area contributed by atoms with Gasteiger partial charge in [0.1, 0.15) is 0 Å². The van der Waals surface area contributed by atoms with Crippen molar-refractivity contribution in [3.05, 3.63) is 53.8 Å². The van der Waals surface area contributed by atoms with Gasteiger partial charge in [-0.3, -0.25) is 0 Å². The van der Waals surface area contributed by atoms with Gasteiger partial charge in [-0.2, -0.15) is 0 Å². The van der Waals surface area contributed by atoms with E-state index >= 15 is 0 Å². The molecule has 0 aliphatic rings. The van der Waals surface area contributed by atoms with Crippen LogP contribution in [-0.2, 0) is 14.8 Å². The van der Waals surface area contributed by atoms with Crippen LogP contribution in [-0.4, -0.2) is 38.4 Å². The summed E-state index contributed by atoms with van der Waals surface area (Å²) in [5.74, 6) is -1.60. The fourth-order valence-electron chi connectivity index (χ4n) is 1.97. The normalized spacial score (nSPS) is 11.3. The van der Waals surface area contributed by atoms with Gasteiger partial charge >= 0.3 is 5.97 Å². The SMILES string of the molecule is Cc1ccc(S(=O)(=O)NCCSc2ccc(OCC(=O)O)c(F)c2)cc1. The number of benzene rings is 2. The highest BCUT2D eigenvalue weighted by Crippen LogP contribution is 2.25. The highest BCUT2D eigenvalue weighted by atomic mass is 32.2. The fraction of sp³-hybridized carbons (Fsp3) is 0.235. The van der Waals surface area contributed by atoms with Crippen molar-refractivity contribution in [3.63, 3.8) is 0 Å². The van der Waals surface area contributed by atoms with Crippen molar-refractivity contribution in [3.8, 4) is 5.75 Å². The molecule has 2 aromatic carbocycles. The lowest BCUT2D eigenvalue weighted by atomic mass is 10.2. The molecule has 6 nitrogen and oxygen atoms in total. The van der Waals surface area contributed by atoms with E-state index < -0.39 is 28.4 Å². The molecule has 0 saturated heterocycles. The zero-order chi connectivity index (χ0) is 19.2. The van der Waals surface area contributed by atoms with Gasteiger partial charge < -0.3 is 9.84 Å². The first-order valence-electron chi connectivity index (χ1n) is 7.61. The van der Waals surface area contributed by atoms with Crippen LogP contribution in [0, 0.1) is 12.7 Å². The average molecular weight is 399 g/mol. The van der Waals surface area contributed by atoms with E-state index in [4.69, 9.17) is 9.84 Å². The molecule has 9 heteroatoms. The number of carboxylic acid groups (broad SMARTS) is 1. The van der Waals surface area contributed by atoms with Crippen molar-refractivity contribution >= 4 is 27.8 Å². The van der Waals surface area contributed by atoms with Crippen LogP contribution in [0.4, 0.5) is 4.39 Å². The number of hydrogen-bond acceptors (Lipinski definition) is 5. The van der Waals surface area contributed by atoms with Crippen molar-refractivity contribution in [2.45, 2.75) is 16.7 Å². The Labute approximate surface area is 155 Å². The van der Waals surface area contributed by atoms with Gasteiger partial charge in [0, 0.05) is 17.2 Å². The molecule has 2 aromatic rings. The number of carbonyl (C=O) groups is 1. The standard InChI is InChI=1S/C17H18FNO5S2/c1-12-2-5-14(6-3-12)26(22,23)19-8-9-25-13-4-7-16(15(18)10-13)24-11-17(20)21/h2-7,10,19H,8-9,11H2,1H3,(H,20,21). The van der Waals surface area contributed by atoms with Gasteiger partial charge in [0.2, 0.25) is 10.0 Å². The molecule has 2 N–H and O–H groups in total. The van der Waals surface area contributed by atoms with Gasteiger partial charge in [0.05, 0.1) is 4.90 Å². The molecule has 0 amide bonds. The van der Waals surface area contributed by atoms with Gasteiger partial charge in [-0.25, -0.2) is 22.3 Å². The first-order valence-corrected chi connectivity index (χ1v) is 10.1. The quantitative estimate of drug-likeness (QED) is 0.497. The summed E-state index contributed by atoms with van der Waals surface area (Å²) in [6.07, 6.45) is 0. The first-order chi connectivity index (χ1) is 12.3. The molecule has 0 radical (unpaired) electrons. The topological polar surface area (TPSA) is 92.7 Å². The summed E-state index contributed by atoms with van der Waals surface area (Å²) in [7, 11) is -3.57. The molecule has 140 valence electrons. The van der Waals surface area contributed by atoms with Gasteiger partial charge in [-0.15, -0.1) is 11.8 Å². The van der Waals surface area contributed by atoms with Crippen molar-refractivity contribution < 1.29 is 27.4 Å². The van der Waals surface area contributed by atoms with Crippen molar-refractivity contribution in [1.82, 2.24) is 4.72 Å². The van der Waals surface area contributed by atoms with Crippen molar-refractivity contribution in [1.29, 1.82) is 0 Å². The number of rotatable bonds is 9. The van der Waals surface area contributed by atoms with Gasteiger partial charge in [0.25, 0.3) is 0 Å². The van der Waals surface area contributed by atoms with Crippen LogP contribution in [0.25, 0.3) is 0 Å². The third-order valence-electron chi connectivity index (χ3n) is 3.25. The first kappa shape index (κ1) is 20.2. The molecular weight excluding hydrogens is 381 g/mol. The Hall–Kier alpha value is -2.10. The zero-order valence-corrected chi connectivity index (χ0v) is 15.6. The Morgan fingerprint density at radius 2 is 1.92 bits per heavy atom. The molecule has 0 spiro atoms. The van der Waals surface area contributed by atoms with Crippen LogP contribution in [0.1, 0.15) is 5.56 Å². The second-order valence-corrected chi connectivity index (χ2v) is 8.27. The molecule has 0 atom stereocenters.